The summed E-state index contributed by atoms with van der Waals surface area (Å²) >= 11 is 1.82. The summed E-state index contributed by atoms with van der Waals surface area (Å²) in [6.07, 6.45) is 2.87. The number of guanidine groups is 1. The zero-order chi connectivity index (χ0) is 20.8. The smallest absolute Gasteiger partial charge is 0.194 e. The molecule has 7 nitrogen and oxygen atoms in total. The predicted molar refractivity (Wildman–Crippen MR) is 136 cm³/mol. The molecular formula is C22H37IN4O3S. The van der Waals surface area contributed by atoms with Gasteiger partial charge in [-0.2, -0.15) is 0 Å². The maximum absolute atomic E-state index is 6.04. The second-order valence-corrected chi connectivity index (χ2v) is 9.29. The third-order valence-electron chi connectivity index (χ3n) is 6.11. The Balaban J connectivity index is 0.00000272. The fourth-order valence-electron chi connectivity index (χ4n) is 4.58. The molecule has 176 valence electrons. The second-order valence-electron chi connectivity index (χ2n) is 8.31. The molecule has 0 radical (unpaired) electrons. The molecule has 31 heavy (non-hydrogen) atoms. The van der Waals surface area contributed by atoms with E-state index in [0.717, 1.165) is 77.9 Å². The number of ether oxygens (including phenoxy) is 3. The van der Waals surface area contributed by atoms with Gasteiger partial charge in [-0.1, -0.05) is 6.07 Å². The van der Waals surface area contributed by atoms with Crippen LogP contribution in [0.4, 0.5) is 0 Å². The standard InChI is InChI=1S/C22H36N4O3S.HI/c1-3-23-22(26-9-12-29-20(16-26)19-6-4-10-28-19)24-14-18(21-7-5-13-30-21)25-8-11-27-17(2)15-25;/h5,7,13,17-20H,3-4,6,8-12,14-16H2,1-2H3,(H,23,24);1H. The molecule has 3 aliphatic heterocycles. The van der Waals surface area contributed by atoms with E-state index < -0.39 is 0 Å². The number of rotatable bonds is 6. The second kappa shape index (κ2) is 12.7. The van der Waals surface area contributed by atoms with Gasteiger partial charge in [0, 0.05) is 44.2 Å². The minimum atomic E-state index is 0. The lowest BCUT2D eigenvalue weighted by molar-refractivity contribution is -0.0817. The van der Waals surface area contributed by atoms with E-state index in [0.29, 0.717) is 6.04 Å². The molecule has 4 unspecified atom stereocenters. The van der Waals surface area contributed by atoms with Gasteiger partial charge >= 0.3 is 0 Å². The molecular weight excluding hydrogens is 527 g/mol. The Morgan fingerprint density at radius 1 is 1.19 bits per heavy atom. The van der Waals surface area contributed by atoms with Crippen molar-refractivity contribution in [3.8, 4) is 0 Å². The molecule has 3 aliphatic rings. The topological polar surface area (TPSA) is 58.6 Å². The van der Waals surface area contributed by atoms with Crippen LogP contribution >= 0.6 is 35.3 Å². The van der Waals surface area contributed by atoms with Crippen molar-refractivity contribution in [2.75, 3.05) is 59.1 Å². The van der Waals surface area contributed by atoms with E-state index in [2.05, 4.69) is 46.5 Å². The lowest BCUT2D eigenvalue weighted by Gasteiger charge is -2.38. The Morgan fingerprint density at radius 2 is 2.03 bits per heavy atom. The monoisotopic (exact) mass is 564 g/mol. The number of hydrogen-bond acceptors (Lipinski definition) is 6. The molecule has 0 spiro atoms. The third kappa shape index (κ3) is 6.77. The summed E-state index contributed by atoms with van der Waals surface area (Å²) in [6, 6.07) is 4.67. The minimum Gasteiger partial charge on any atom is -0.376 e. The highest BCUT2D eigenvalue weighted by Gasteiger charge is 2.32. The number of halogens is 1. The van der Waals surface area contributed by atoms with Crippen molar-refractivity contribution in [2.45, 2.75) is 51.0 Å². The number of nitrogens with one attached hydrogen (secondary N) is 1. The molecule has 0 bridgehead atoms. The van der Waals surface area contributed by atoms with Crippen molar-refractivity contribution in [3.05, 3.63) is 22.4 Å². The molecule has 1 aromatic heterocycles. The summed E-state index contributed by atoms with van der Waals surface area (Å²) in [7, 11) is 0. The molecule has 0 saturated carbocycles. The van der Waals surface area contributed by atoms with Gasteiger partial charge in [0.15, 0.2) is 5.96 Å². The zero-order valence-corrected chi connectivity index (χ0v) is 21.8. The van der Waals surface area contributed by atoms with E-state index in [1.165, 1.54) is 4.88 Å². The van der Waals surface area contributed by atoms with E-state index in [1.807, 2.05) is 11.3 Å². The Labute approximate surface area is 207 Å². The number of morpholine rings is 2. The molecule has 9 heteroatoms. The summed E-state index contributed by atoms with van der Waals surface area (Å²) < 4.78 is 17.7. The molecule has 0 amide bonds. The summed E-state index contributed by atoms with van der Waals surface area (Å²) in [5, 5.41) is 5.68. The van der Waals surface area contributed by atoms with Gasteiger partial charge in [0.2, 0.25) is 0 Å². The number of hydrogen-bond donors (Lipinski definition) is 1. The number of nitrogens with zero attached hydrogens (tertiary/aromatic N) is 3. The van der Waals surface area contributed by atoms with Crippen LogP contribution in [0.5, 0.6) is 0 Å². The summed E-state index contributed by atoms with van der Waals surface area (Å²) in [5.74, 6) is 0.992. The van der Waals surface area contributed by atoms with Crippen LogP contribution in [0.1, 0.15) is 37.6 Å². The first kappa shape index (κ1) is 25.2. The van der Waals surface area contributed by atoms with Gasteiger partial charge in [0.05, 0.1) is 38.0 Å². The maximum atomic E-state index is 6.04. The molecule has 0 aromatic carbocycles. The molecule has 1 N–H and O–H groups in total. The Kier molecular flexibility index (Phi) is 10.3. The normalized spacial score (nSPS) is 28.9. The number of aliphatic imine (C=N–C) groups is 1. The van der Waals surface area contributed by atoms with E-state index in [4.69, 9.17) is 19.2 Å². The molecule has 4 atom stereocenters. The van der Waals surface area contributed by atoms with Gasteiger partial charge in [-0.05, 0) is 38.1 Å². The summed E-state index contributed by atoms with van der Waals surface area (Å²) in [4.78, 5) is 11.4. The fraction of sp³-hybridized carbons (Fsp3) is 0.773. The van der Waals surface area contributed by atoms with Gasteiger partial charge in [-0.3, -0.25) is 9.89 Å². The van der Waals surface area contributed by atoms with E-state index >= 15 is 0 Å². The Bertz CT molecular complexity index is 672. The van der Waals surface area contributed by atoms with Crippen molar-refractivity contribution >= 4 is 41.3 Å². The third-order valence-corrected chi connectivity index (χ3v) is 7.08. The first-order chi connectivity index (χ1) is 14.7. The highest BCUT2D eigenvalue weighted by molar-refractivity contribution is 14.0. The van der Waals surface area contributed by atoms with Gasteiger partial charge in [-0.25, -0.2) is 0 Å². The Hall–Kier alpha value is -0.460. The summed E-state index contributed by atoms with van der Waals surface area (Å²) in [5.41, 5.74) is 0. The van der Waals surface area contributed by atoms with Crippen LogP contribution in [0.15, 0.2) is 22.5 Å². The molecule has 4 heterocycles. The number of thiophene rings is 1. The summed E-state index contributed by atoms with van der Waals surface area (Å²) in [6.45, 7) is 11.9. The van der Waals surface area contributed by atoms with Crippen LogP contribution in [-0.2, 0) is 14.2 Å². The fourth-order valence-corrected chi connectivity index (χ4v) is 5.43. The van der Waals surface area contributed by atoms with Crippen LogP contribution < -0.4 is 5.32 Å². The van der Waals surface area contributed by atoms with Crippen LogP contribution in [-0.4, -0.2) is 93.2 Å². The minimum absolute atomic E-state index is 0. The lowest BCUT2D eigenvalue weighted by atomic mass is 10.1. The quantitative estimate of drug-likeness (QED) is 0.326. The van der Waals surface area contributed by atoms with Crippen LogP contribution in [0, 0.1) is 0 Å². The van der Waals surface area contributed by atoms with Gasteiger partial charge in [0.25, 0.3) is 0 Å². The maximum Gasteiger partial charge on any atom is 0.194 e. The van der Waals surface area contributed by atoms with Crippen molar-refractivity contribution in [1.29, 1.82) is 0 Å². The molecule has 0 aliphatic carbocycles. The van der Waals surface area contributed by atoms with E-state index in [-0.39, 0.29) is 42.3 Å². The van der Waals surface area contributed by atoms with Crippen LogP contribution in [0.2, 0.25) is 0 Å². The highest BCUT2D eigenvalue weighted by atomic mass is 127. The van der Waals surface area contributed by atoms with Crippen LogP contribution in [0.3, 0.4) is 0 Å². The van der Waals surface area contributed by atoms with E-state index in [9.17, 15) is 0 Å². The molecule has 3 fully saturated rings. The average Bonchev–Trinajstić information content (AvgIpc) is 3.48. The van der Waals surface area contributed by atoms with Crippen molar-refractivity contribution in [3.63, 3.8) is 0 Å². The first-order valence-corrected chi connectivity index (χ1v) is 12.3. The van der Waals surface area contributed by atoms with Gasteiger partial charge in [-0.15, -0.1) is 35.3 Å². The van der Waals surface area contributed by atoms with Gasteiger partial charge in [0.1, 0.15) is 6.10 Å². The Morgan fingerprint density at radius 3 is 2.74 bits per heavy atom. The largest absolute Gasteiger partial charge is 0.376 e. The molecule has 3 saturated heterocycles. The van der Waals surface area contributed by atoms with E-state index in [1.54, 1.807) is 0 Å². The van der Waals surface area contributed by atoms with Crippen molar-refractivity contribution in [1.82, 2.24) is 15.1 Å². The van der Waals surface area contributed by atoms with Gasteiger partial charge < -0.3 is 24.4 Å². The molecule has 1 aromatic rings. The molecule has 4 rings (SSSR count). The predicted octanol–water partition coefficient (Wildman–Crippen LogP) is 2.97. The first-order valence-electron chi connectivity index (χ1n) is 11.4. The highest BCUT2D eigenvalue weighted by Crippen LogP contribution is 2.27. The van der Waals surface area contributed by atoms with Crippen LogP contribution in [0.25, 0.3) is 0 Å². The lowest BCUT2D eigenvalue weighted by Crippen LogP contribution is -2.53. The van der Waals surface area contributed by atoms with Crippen molar-refractivity contribution in [2.24, 2.45) is 4.99 Å². The zero-order valence-electron chi connectivity index (χ0n) is 18.7. The van der Waals surface area contributed by atoms with Crippen molar-refractivity contribution < 1.29 is 14.2 Å². The SMILES string of the molecule is CCNC(=NCC(c1cccs1)N1CCOC(C)C1)N1CCOC(C2CCCO2)C1.I. The average molecular weight is 565 g/mol.